The lowest BCUT2D eigenvalue weighted by atomic mass is 9.94. The molecule has 2 rings (SSSR count). The second-order valence-electron chi connectivity index (χ2n) is 5.57. The van der Waals surface area contributed by atoms with E-state index in [1.54, 1.807) is 20.3 Å². The summed E-state index contributed by atoms with van der Waals surface area (Å²) in [5, 5.41) is 6.47. The van der Waals surface area contributed by atoms with Crippen LogP contribution in [-0.2, 0) is 0 Å². The summed E-state index contributed by atoms with van der Waals surface area (Å²) in [4.78, 5) is 12.5. The monoisotopic (exact) mass is 292 g/mol. The van der Waals surface area contributed by atoms with Crippen LogP contribution in [0.5, 0.6) is 11.5 Å². The summed E-state index contributed by atoms with van der Waals surface area (Å²) < 4.78 is 10.5. The Balaban J connectivity index is 2.18. The van der Waals surface area contributed by atoms with Gasteiger partial charge in [0.1, 0.15) is 0 Å². The maximum atomic E-state index is 12.5. The number of piperidine rings is 1. The summed E-state index contributed by atoms with van der Waals surface area (Å²) in [6.07, 6.45) is 0.958. The Morgan fingerprint density at radius 2 is 1.95 bits per heavy atom. The van der Waals surface area contributed by atoms with Gasteiger partial charge in [-0.25, -0.2) is 0 Å². The number of rotatable bonds is 4. The Bertz CT molecular complexity index is 516. The molecule has 1 saturated heterocycles. The van der Waals surface area contributed by atoms with Gasteiger partial charge in [-0.3, -0.25) is 4.79 Å². The lowest BCUT2D eigenvalue weighted by Crippen LogP contribution is -2.48. The highest BCUT2D eigenvalue weighted by Crippen LogP contribution is 2.30. The average Bonchev–Trinajstić information content (AvgIpc) is 2.49. The zero-order valence-electron chi connectivity index (χ0n) is 13.2. The maximum Gasteiger partial charge on any atom is 0.251 e. The Hall–Kier alpha value is -1.75. The first-order valence-corrected chi connectivity index (χ1v) is 7.31. The first-order chi connectivity index (χ1) is 10.1. The molecule has 1 aromatic carbocycles. The summed E-state index contributed by atoms with van der Waals surface area (Å²) in [5.74, 6) is 1.60. The molecule has 1 aromatic rings. The zero-order chi connectivity index (χ0) is 15.4. The number of aryl methyl sites for hydroxylation is 1. The highest BCUT2D eigenvalue weighted by Gasteiger charge is 2.24. The molecule has 21 heavy (non-hydrogen) atoms. The minimum Gasteiger partial charge on any atom is -0.493 e. The average molecular weight is 292 g/mol. The molecule has 5 nitrogen and oxygen atoms in total. The third-order valence-corrected chi connectivity index (χ3v) is 4.08. The Labute approximate surface area is 126 Å². The van der Waals surface area contributed by atoms with Crippen molar-refractivity contribution in [1.82, 2.24) is 10.6 Å². The van der Waals surface area contributed by atoms with Gasteiger partial charge in [0.2, 0.25) is 0 Å². The molecule has 2 unspecified atom stereocenters. The van der Waals surface area contributed by atoms with Crippen LogP contribution in [-0.4, -0.2) is 39.3 Å². The third kappa shape index (κ3) is 3.47. The number of methoxy groups -OCH3 is 2. The van der Waals surface area contributed by atoms with Gasteiger partial charge in [0.25, 0.3) is 5.91 Å². The number of carbonyl (C=O) groups is 1. The summed E-state index contributed by atoms with van der Waals surface area (Å²) >= 11 is 0. The molecular weight excluding hydrogens is 268 g/mol. The van der Waals surface area contributed by atoms with Crippen LogP contribution in [0.15, 0.2) is 12.1 Å². The van der Waals surface area contributed by atoms with Crippen LogP contribution in [0, 0.1) is 12.8 Å². The van der Waals surface area contributed by atoms with E-state index in [2.05, 4.69) is 17.6 Å². The second kappa shape index (κ2) is 6.80. The van der Waals surface area contributed by atoms with Crippen molar-refractivity contribution in [3.8, 4) is 11.5 Å². The van der Waals surface area contributed by atoms with Crippen LogP contribution in [0.25, 0.3) is 0 Å². The quantitative estimate of drug-likeness (QED) is 0.887. The minimum atomic E-state index is -0.0489. The number of hydrogen-bond acceptors (Lipinski definition) is 4. The number of carbonyl (C=O) groups excluding carboxylic acids is 1. The molecule has 0 radical (unpaired) electrons. The highest BCUT2D eigenvalue weighted by molar-refractivity contribution is 5.96. The largest absolute Gasteiger partial charge is 0.493 e. The minimum absolute atomic E-state index is 0.0489. The van der Waals surface area contributed by atoms with Crippen molar-refractivity contribution < 1.29 is 14.3 Å². The lowest BCUT2D eigenvalue weighted by Gasteiger charge is -2.30. The van der Waals surface area contributed by atoms with E-state index in [1.165, 1.54) is 0 Å². The van der Waals surface area contributed by atoms with Gasteiger partial charge in [-0.15, -0.1) is 0 Å². The van der Waals surface area contributed by atoms with Crippen molar-refractivity contribution in [3.05, 3.63) is 23.3 Å². The van der Waals surface area contributed by atoms with E-state index >= 15 is 0 Å². The fourth-order valence-corrected chi connectivity index (χ4v) is 2.70. The van der Waals surface area contributed by atoms with Gasteiger partial charge in [0, 0.05) is 11.6 Å². The Morgan fingerprint density at radius 1 is 1.29 bits per heavy atom. The first kappa shape index (κ1) is 15.6. The first-order valence-electron chi connectivity index (χ1n) is 7.31. The van der Waals surface area contributed by atoms with E-state index in [9.17, 15) is 4.79 Å². The van der Waals surface area contributed by atoms with E-state index in [0.717, 1.165) is 25.1 Å². The second-order valence-corrected chi connectivity index (χ2v) is 5.57. The zero-order valence-corrected chi connectivity index (χ0v) is 13.2. The summed E-state index contributed by atoms with van der Waals surface area (Å²) in [6.45, 7) is 5.94. The van der Waals surface area contributed by atoms with Crippen LogP contribution in [0.3, 0.4) is 0 Å². The molecule has 0 saturated carbocycles. The van der Waals surface area contributed by atoms with Crippen molar-refractivity contribution in [1.29, 1.82) is 0 Å². The van der Waals surface area contributed by atoms with E-state index in [-0.39, 0.29) is 11.9 Å². The Morgan fingerprint density at radius 3 is 2.57 bits per heavy atom. The molecule has 1 heterocycles. The fraction of sp³-hybridized carbons (Fsp3) is 0.562. The van der Waals surface area contributed by atoms with Crippen LogP contribution in [0.4, 0.5) is 0 Å². The van der Waals surface area contributed by atoms with Gasteiger partial charge < -0.3 is 20.1 Å². The molecular formula is C16H24N2O3. The molecule has 1 aliphatic rings. The maximum absolute atomic E-state index is 12.5. The van der Waals surface area contributed by atoms with Crippen LogP contribution < -0.4 is 20.1 Å². The molecule has 116 valence electrons. The third-order valence-electron chi connectivity index (χ3n) is 4.08. The molecule has 2 atom stereocenters. The molecule has 0 spiro atoms. The normalized spacial score (nSPS) is 21.7. The number of ether oxygens (including phenoxy) is 2. The summed E-state index contributed by atoms with van der Waals surface area (Å²) in [7, 11) is 3.16. The standard InChI is InChI=1S/C16H24N2O3/c1-10-7-14(20-3)15(21-4)8-12(10)16(19)18-13-5-6-17-9-11(13)2/h7-8,11,13,17H,5-6,9H2,1-4H3,(H,18,19). The van der Waals surface area contributed by atoms with E-state index < -0.39 is 0 Å². The smallest absolute Gasteiger partial charge is 0.251 e. The molecule has 5 heteroatoms. The highest BCUT2D eigenvalue weighted by atomic mass is 16.5. The van der Waals surface area contributed by atoms with Gasteiger partial charge in [0.15, 0.2) is 11.5 Å². The molecule has 1 amide bonds. The predicted octanol–water partition coefficient (Wildman–Crippen LogP) is 1.74. The van der Waals surface area contributed by atoms with Gasteiger partial charge in [-0.05, 0) is 50.0 Å². The molecule has 0 aromatic heterocycles. The van der Waals surface area contributed by atoms with E-state index in [0.29, 0.717) is 23.0 Å². The number of nitrogens with one attached hydrogen (secondary N) is 2. The molecule has 2 N–H and O–H groups in total. The number of benzene rings is 1. The topological polar surface area (TPSA) is 59.6 Å². The lowest BCUT2D eigenvalue weighted by molar-refractivity contribution is 0.0913. The van der Waals surface area contributed by atoms with Crippen molar-refractivity contribution in [2.45, 2.75) is 26.3 Å². The predicted molar refractivity (Wildman–Crippen MR) is 82.2 cm³/mol. The van der Waals surface area contributed by atoms with Crippen molar-refractivity contribution in [2.75, 3.05) is 27.3 Å². The van der Waals surface area contributed by atoms with Gasteiger partial charge >= 0.3 is 0 Å². The van der Waals surface area contributed by atoms with Crippen LogP contribution >= 0.6 is 0 Å². The molecule has 0 aliphatic carbocycles. The molecule has 0 bridgehead atoms. The number of hydrogen-bond donors (Lipinski definition) is 2. The Kier molecular flexibility index (Phi) is 5.07. The molecule has 1 aliphatic heterocycles. The van der Waals surface area contributed by atoms with Gasteiger partial charge in [-0.2, -0.15) is 0 Å². The SMILES string of the molecule is COc1cc(C)c(C(=O)NC2CCNCC2C)cc1OC. The van der Waals surface area contributed by atoms with Crippen molar-refractivity contribution >= 4 is 5.91 Å². The summed E-state index contributed by atoms with van der Waals surface area (Å²) in [5.41, 5.74) is 1.52. The summed E-state index contributed by atoms with van der Waals surface area (Å²) in [6, 6.07) is 3.79. The van der Waals surface area contributed by atoms with Gasteiger partial charge in [-0.1, -0.05) is 6.92 Å². The van der Waals surface area contributed by atoms with E-state index in [4.69, 9.17) is 9.47 Å². The van der Waals surface area contributed by atoms with Crippen molar-refractivity contribution in [3.63, 3.8) is 0 Å². The van der Waals surface area contributed by atoms with Gasteiger partial charge in [0.05, 0.1) is 14.2 Å². The molecule has 1 fully saturated rings. The number of amides is 1. The van der Waals surface area contributed by atoms with Crippen molar-refractivity contribution in [2.24, 2.45) is 5.92 Å². The fourth-order valence-electron chi connectivity index (χ4n) is 2.70. The van der Waals surface area contributed by atoms with E-state index in [1.807, 2.05) is 13.0 Å². The van der Waals surface area contributed by atoms with Crippen LogP contribution in [0.2, 0.25) is 0 Å². The van der Waals surface area contributed by atoms with Crippen LogP contribution in [0.1, 0.15) is 29.3 Å².